The second-order valence-electron chi connectivity index (χ2n) is 4.48. The van der Waals surface area contributed by atoms with Crippen molar-refractivity contribution < 1.29 is 4.92 Å². The molecule has 106 valence electrons. The van der Waals surface area contributed by atoms with E-state index in [1.807, 2.05) is 20.9 Å². The van der Waals surface area contributed by atoms with Crippen LogP contribution in [0.4, 0.5) is 5.69 Å². The molecule has 0 unspecified atom stereocenters. The molecule has 0 bridgehead atoms. The maximum absolute atomic E-state index is 10.9. The topological polar surface area (TPSA) is 73.0 Å². The van der Waals surface area contributed by atoms with Crippen LogP contribution in [0.3, 0.4) is 0 Å². The number of aromatic nitrogens is 2. The Morgan fingerprint density at radius 2 is 2.15 bits per heavy atom. The number of benzene rings is 1. The van der Waals surface area contributed by atoms with Crippen LogP contribution in [0.1, 0.15) is 17.0 Å². The van der Waals surface area contributed by atoms with Gasteiger partial charge in [-0.25, -0.2) is 4.68 Å². The van der Waals surface area contributed by atoms with Crippen LogP contribution in [-0.4, -0.2) is 21.8 Å². The summed E-state index contributed by atoms with van der Waals surface area (Å²) < 4.78 is 1.70. The van der Waals surface area contributed by atoms with Crippen LogP contribution < -0.4 is 5.32 Å². The van der Waals surface area contributed by atoms with Gasteiger partial charge in [0.1, 0.15) is 5.02 Å². The molecule has 1 heterocycles. The molecule has 20 heavy (non-hydrogen) atoms. The smallest absolute Gasteiger partial charge is 0.290 e. The molecule has 0 amide bonds. The lowest BCUT2D eigenvalue weighted by molar-refractivity contribution is -0.384. The zero-order chi connectivity index (χ0) is 14.9. The average Bonchev–Trinajstić information content (AvgIpc) is 2.67. The molecule has 1 aromatic heterocycles. The van der Waals surface area contributed by atoms with E-state index in [1.54, 1.807) is 10.7 Å². The SMILES string of the molecule is CNCc1c(C)nn(-c2ccc(Cl)c([N+](=O)[O-])c2)c1C. The first kappa shape index (κ1) is 14.5. The van der Waals surface area contributed by atoms with Gasteiger partial charge in [0, 0.05) is 23.9 Å². The van der Waals surface area contributed by atoms with Crippen LogP contribution >= 0.6 is 11.6 Å². The van der Waals surface area contributed by atoms with Gasteiger partial charge in [-0.15, -0.1) is 0 Å². The summed E-state index contributed by atoms with van der Waals surface area (Å²) in [6, 6.07) is 4.67. The molecule has 2 aromatic rings. The van der Waals surface area contributed by atoms with Gasteiger partial charge in [0.05, 0.1) is 16.3 Å². The molecule has 6 nitrogen and oxygen atoms in total. The number of nitro benzene ring substituents is 1. The Bertz CT molecular complexity index is 667. The molecule has 0 spiro atoms. The van der Waals surface area contributed by atoms with Gasteiger partial charge in [-0.1, -0.05) is 11.6 Å². The van der Waals surface area contributed by atoms with E-state index in [4.69, 9.17) is 11.6 Å². The molecule has 2 rings (SSSR count). The van der Waals surface area contributed by atoms with Crippen molar-refractivity contribution in [1.29, 1.82) is 0 Å². The molecular formula is C13H15ClN4O2. The summed E-state index contributed by atoms with van der Waals surface area (Å²) >= 11 is 5.82. The van der Waals surface area contributed by atoms with Gasteiger partial charge < -0.3 is 5.32 Å². The van der Waals surface area contributed by atoms with Crippen molar-refractivity contribution >= 4 is 17.3 Å². The van der Waals surface area contributed by atoms with Gasteiger partial charge in [0.15, 0.2) is 0 Å². The first-order valence-electron chi connectivity index (χ1n) is 6.09. The summed E-state index contributed by atoms with van der Waals surface area (Å²) in [5, 5.41) is 18.6. The van der Waals surface area contributed by atoms with E-state index in [0.29, 0.717) is 12.2 Å². The Hall–Kier alpha value is -1.92. The minimum atomic E-state index is -0.494. The van der Waals surface area contributed by atoms with Crippen molar-refractivity contribution in [2.24, 2.45) is 0 Å². The molecule has 0 atom stereocenters. The zero-order valence-electron chi connectivity index (χ0n) is 11.5. The summed E-state index contributed by atoms with van der Waals surface area (Å²) in [6.45, 7) is 4.56. The second kappa shape index (κ2) is 5.60. The summed E-state index contributed by atoms with van der Waals surface area (Å²) in [6.07, 6.45) is 0. The summed E-state index contributed by atoms with van der Waals surface area (Å²) in [4.78, 5) is 10.5. The van der Waals surface area contributed by atoms with Crippen LogP contribution in [0, 0.1) is 24.0 Å². The fraction of sp³-hybridized carbons (Fsp3) is 0.308. The van der Waals surface area contributed by atoms with E-state index in [0.717, 1.165) is 17.0 Å². The number of halogens is 1. The number of nitrogens with one attached hydrogen (secondary N) is 1. The highest BCUT2D eigenvalue weighted by molar-refractivity contribution is 6.32. The summed E-state index contributed by atoms with van der Waals surface area (Å²) in [5.41, 5.74) is 3.45. The minimum absolute atomic E-state index is 0.119. The van der Waals surface area contributed by atoms with Crippen molar-refractivity contribution in [2.45, 2.75) is 20.4 Å². The number of nitrogens with zero attached hydrogens (tertiary/aromatic N) is 3. The molecule has 7 heteroatoms. The van der Waals surface area contributed by atoms with Crippen molar-refractivity contribution in [3.8, 4) is 5.69 Å². The number of hydrogen-bond acceptors (Lipinski definition) is 4. The zero-order valence-corrected chi connectivity index (χ0v) is 12.2. The van der Waals surface area contributed by atoms with Crippen molar-refractivity contribution in [3.63, 3.8) is 0 Å². The van der Waals surface area contributed by atoms with E-state index in [1.165, 1.54) is 12.1 Å². The first-order chi connectivity index (χ1) is 9.45. The Labute approximate surface area is 121 Å². The van der Waals surface area contributed by atoms with E-state index < -0.39 is 4.92 Å². The molecule has 0 aliphatic heterocycles. The van der Waals surface area contributed by atoms with Gasteiger partial charge in [0.25, 0.3) is 5.69 Å². The summed E-state index contributed by atoms with van der Waals surface area (Å²) in [5.74, 6) is 0. The van der Waals surface area contributed by atoms with Crippen molar-refractivity contribution in [3.05, 3.63) is 50.3 Å². The van der Waals surface area contributed by atoms with Gasteiger partial charge in [0.2, 0.25) is 0 Å². The van der Waals surface area contributed by atoms with E-state index in [-0.39, 0.29) is 10.7 Å². The van der Waals surface area contributed by atoms with Crippen molar-refractivity contribution in [2.75, 3.05) is 7.05 Å². The lowest BCUT2D eigenvalue weighted by Crippen LogP contribution is -2.07. The van der Waals surface area contributed by atoms with Gasteiger partial charge in [-0.05, 0) is 33.0 Å². The number of rotatable bonds is 4. The van der Waals surface area contributed by atoms with Gasteiger partial charge in [-0.3, -0.25) is 10.1 Å². The fourth-order valence-electron chi connectivity index (χ4n) is 2.13. The largest absolute Gasteiger partial charge is 0.316 e. The third kappa shape index (κ3) is 2.52. The molecular weight excluding hydrogens is 280 g/mol. The molecule has 0 fully saturated rings. The maximum Gasteiger partial charge on any atom is 0.290 e. The predicted molar refractivity (Wildman–Crippen MR) is 77.5 cm³/mol. The standard InChI is InChI=1S/C13H15ClN4O2/c1-8-11(7-15-3)9(2)17(16-8)10-4-5-12(14)13(6-10)18(19)20/h4-6,15H,7H2,1-3H3. The maximum atomic E-state index is 10.9. The summed E-state index contributed by atoms with van der Waals surface area (Å²) in [7, 11) is 1.86. The molecule has 1 aromatic carbocycles. The third-order valence-electron chi connectivity index (χ3n) is 3.17. The van der Waals surface area contributed by atoms with E-state index in [9.17, 15) is 10.1 Å². The molecule has 0 aliphatic carbocycles. The van der Waals surface area contributed by atoms with Crippen LogP contribution in [0.25, 0.3) is 5.69 Å². The van der Waals surface area contributed by atoms with Crippen LogP contribution in [0.5, 0.6) is 0 Å². The Balaban J connectivity index is 2.55. The molecule has 0 saturated heterocycles. The van der Waals surface area contributed by atoms with E-state index >= 15 is 0 Å². The Morgan fingerprint density at radius 3 is 2.75 bits per heavy atom. The van der Waals surface area contributed by atoms with Gasteiger partial charge >= 0.3 is 0 Å². The molecule has 1 N–H and O–H groups in total. The third-order valence-corrected chi connectivity index (χ3v) is 3.49. The normalized spacial score (nSPS) is 10.8. The molecule has 0 radical (unpaired) electrons. The quantitative estimate of drug-likeness (QED) is 0.695. The lowest BCUT2D eigenvalue weighted by Gasteiger charge is -2.06. The first-order valence-corrected chi connectivity index (χ1v) is 6.47. The molecule has 0 aliphatic rings. The predicted octanol–water partition coefficient (Wildman–Crippen LogP) is 2.77. The van der Waals surface area contributed by atoms with Crippen molar-refractivity contribution in [1.82, 2.24) is 15.1 Å². The van der Waals surface area contributed by atoms with Crippen LogP contribution in [0.2, 0.25) is 5.02 Å². The molecule has 0 saturated carbocycles. The highest BCUT2D eigenvalue weighted by Crippen LogP contribution is 2.28. The highest BCUT2D eigenvalue weighted by atomic mass is 35.5. The fourth-order valence-corrected chi connectivity index (χ4v) is 2.32. The monoisotopic (exact) mass is 294 g/mol. The Kier molecular flexibility index (Phi) is 4.06. The minimum Gasteiger partial charge on any atom is -0.316 e. The van der Waals surface area contributed by atoms with E-state index in [2.05, 4.69) is 10.4 Å². The number of hydrogen-bond donors (Lipinski definition) is 1. The number of nitro groups is 1. The highest BCUT2D eigenvalue weighted by Gasteiger charge is 2.17. The van der Waals surface area contributed by atoms with Gasteiger partial charge in [-0.2, -0.15) is 5.10 Å². The second-order valence-corrected chi connectivity index (χ2v) is 4.89. The average molecular weight is 295 g/mol. The lowest BCUT2D eigenvalue weighted by atomic mass is 10.2. The number of aryl methyl sites for hydroxylation is 1. The van der Waals surface area contributed by atoms with Crippen LogP contribution in [0.15, 0.2) is 18.2 Å². The van der Waals surface area contributed by atoms with Crippen LogP contribution in [-0.2, 0) is 6.54 Å². The Morgan fingerprint density at radius 1 is 1.45 bits per heavy atom.